The van der Waals surface area contributed by atoms with E-state index < -0.39 is 17.7 Å². The van der Waals surface area contributed by atoms with Crippen LogP contribution in [0.3, 0.4) is 0 Å². The van der Waals surface area contributed by atoms with E-state index >= 15 is 0 Å². The molecule has 0 aliphatic heterocycles. The molecule has 0 aromatic heterocycles. The molecule has 1 amide bonds. The molecule has 90 valence electrons. The van der Waals surface area contributed by atoms with Crippen molar-refractivity contribution in [1.29, 1.82) is 0 Å². The number of benzene rings is 1. The summed E-state index contributed by atoms with van der Waals surface area (Å²) in [7, 11) is 0. The third-order valence-corrected chi connectivity index (χ3v) is 1.96. The number of aliphatic carboxylic acids is 1. The molecule has 0 unspecified atom stereocenters. The zero-order valence-electron chi connectivity index (χ0n) is 9.02. The Bertz CT molecular complexity index is 443. The maximum atomic E-state index is 13.1. The van der Waals surface area contributed by atoms with Crippen LogP contribution in [0.5, 0.6) is 0 Å². The summed E-state index contributed by atoms with van der Waals surface area (Å²) in [6, 6.07) is 6.04. The first-order valence-electron chi connectivity index (χ1n) is 5.02. The van der Waals surface area contributed by atoms with Gasteiger partial charge in [0.25, 0.3) is 0 Å². The van der Waals surface area contributed by atoms with E-state index in [-0.39, 0.29) is 13.0 Å². The standard InChI is InChI=1S/C12H12FNO3/c13-10-4-2-1-3-9(10)5-6-11(15)14-8-7-12(16)17/h1-6H,7-8H2,(H,14,15)(H,16,17). The van der Waals surface area contributed by atoms with Crippen molar-refractivity contribution in [3.8, 4) is 0 Å². The van der Waals surface area contributed by atoms with E-state index in [2.05, 4.69) is 5.32 Å². The maximum Gasteiger partial charge on any atom is 0.305 e. The summed E-state index contributed by atoms with van der Waals surface area (Å²) in [6.45, 7) is 0.0514. The smallest absolute Gasteiger partial charge is 0.305 e. The lowest BCUT2D eigenvalue weighted by Crippen LogP contribution is -2.23. The predicted molar refractivity (Wildman–Crippen MR) is 60.7 cm³/mol. The first kappa shape index (κ1) is 12.9. The van der Waals surface area contributed by atoms with Crippen LogP contribution in [0.4, 0.5) is 4.39 Å². The average molecular weight is 237 g/mol. The van der Waals surface area contributed by atoms with Crippen LogP contribution in [0.1, 0.15) is 12.0 Å². The van der Waals surface area contributed by atoms with Crippen molar-refractivity contribution in [3.05, 3.63) is 41.7 Å². The number of carbonyl (C=O) groups is 2. The van der Waals surface area contributed by atoms with Crippen molar-refractivity contribution in [2.24, 2.45) is 0 Å². The second-order valence-electron chi connectivity index (χ2n) is 3.29. The molecule has 17 heavy (non-hydrogen) atoms. The molecule has 1 rings (SSSR count). The topological polar surface area (TPSA) is 66.4 Å². The highest BCUT2D eigenvalue weighted by molar-refractivity contribution is 5.91. The van der Waals surface area contributed by atoms with Gasteiger partial charge in [-0.1, -0.05) is 18.2 Å². The molecule has 0 aliphatic rings. The van der Waals surface area contributed by atoms with Crippen LogP contribution in [0.2, 0.25) is 0 Å². The van der Waals surface area contributed by atoms with Gasteiger partial charge in [0.15, 0.2) is 0 Å². The summed E-state index contributed by atoms with van der Waals surface area (Å²) in [6.07, 6.45) is 2.37. The Morgan fingerprint density at radius 3 is 2.71 bits per heavy atom. The van der Waals surface area contributed by atoms with Crippen LogP contribution >= 0.6 is 0 Å². The Labute approximate surface area is 97.8 Å². The Hall–Kier alpha value is -2.17. The molecule has 0 heterocycles. The average Bonchev–Trinajstić information content (AvgIpc) is 2.27. The van der Waals surface area contributed by atoms with Gasteiger partial charge in [-0.05, 0) is 12.1 Å². The lowest BCUT2D eigenvalue weighted by molar-refractivity contribution is -0.136. The first-order valence-corrected chi connectivity index (χ1v) is 5.02. The van der Waals surface area contributed by atoms with Gasteiger partial charge in [-0.2, -0.15) is 0 Å². The number of carboxylic acids is 1. The van der Waals surface area contributed by atoms with E-state index in [4.69, 9.17) is 5.11 Å². The van der Waals surface area contributed by atoms with E-state index in [1.165, 1.54) is 24.3 Å². The second kappa shape index (κ2) is 6.42. The molecular formula is C12H12FNO3. The zero-order valence-corrected chi connectivity index (χ0v) is 9.02. The summed E-state index contributed by atoms with van der Waals surface area (Å²) in [4.78, 5) is 21.4. The normalized spacial score (nSPS) is 10.4. The van der Waals surface area contributed by atoms with E-state index in [1.54, 1.807) is 12.1 Å². The SMILES string of the molecule is O=C(O)CCNC(=O)C=Cc1ccccc1F. The molecule has 2 N–H and O–H groups in total. The van der Waals surface area contributed by atoms with Crippen molar-refractivity contribution in [1.82, 2.24) is 5.32 Å². The predicted octanol–water partition coefficient (Wildman–Crippen LogP) is 1.43. The molecule has 0 fully saturated rings. The van der Waals surface area contributed by atoms with Gasteiger partial charge >= 0.3 is 5.97 Å². The molecule has 0 aliphatic carbocycles. The van der Waals surface area contributed by atoms with Crippen molar-refractivity contribution < 1.29 is 19.1 Å². The lowest BCUT2D eigenvalue weighted by Gasteiger charge is -1.98. The van der Waals surface area contributed by atoms with E-state index in [0.29, 0.717) is 5.56 Å². The fraction of sp³-hybridized carbons (Fsp3) is 0.167. The molecule has 1 aromatic carbocycles. The van der Waals surface area contributed by atoms with Crippen molar-refractivity contribution in [3.63, 3.8) is 0 Å². The molecular weight excluding hydrogens is 225 g/mol. The summed E-state index contributed by atoms with van der Waals surface area (Å²) in [5, 5.41) is 10.7. The van der Waals surface area contributed by atoms with Crippen molar-refractivity contribution in [2.75, 3.05) is 6.54 Å². The number of carbonyl (C=O) groups excluding carboxylic acids is 1. The number of rotatable bonds is 5. The Morgan fingerprint density at radius 2 is 2.06 bits per heavy atom. The number of halogens is 1. The Morgan fingerprint density at radius 1 is 1.35 bits per heavy atom. The van der Waals surface area contributed by atoms with Crippen LogP contribution in [-0.2, 0) is 9.59 Å². The number of hydrogen-bond acceptors (Lipinski definition) is 2. The summed E-state index contributed by atoms with van der Waals surface area (Å²) in [5.74, 6) is -1.85. The minimum Gasteiger partial charge on any atom is -0.481 e. The molecule has 4 nitrogen and oxygen atoms in total. The Kier molecular flexibility index (Phi) is 4.87. The first-order chi connectivity index (χ1) is 8.09. The van der Waals surface area contributed by atoms with Gasteiger partial charge in [-0.15, -0.1) is 0 Å². The highest BCUT2D eigenvalue weighted by Crippen LogP contribution is 2.07. The van der Waals surface area contributed by atoms with E-state index in [1.807, 2.05) is 0 Å². The minimum absolute atomic E-state index is 0.0514. The van der Waals surface area contributed by atoms with Crippen LogP contribution in [0, 0.1) is 5.82 Å². The molecule has 0 spiro atoms. The zero-order chi connectivity index (χ0) is 12.7. The van der Waals surface area contributed by atoms with Gasteiger partial charge in [0.05, 0.1) is 6.42 Å². The highest BCUT2D eigenvalue weighted by Gasteiger charge is 2.00. The van der Waals surface area contributed by atoms with Gasteiger partial charge in [0.2, 0.25) is 5.91 Å². The van der Waals surface area contributed by atoms with Gasteiger partial charge < -0.3 is 10.4 Å². The van der Waals surface area contributed by atoms with Crippen molar-refractivity contribution in [2.45, 2.75) is 6.42 Å². The van der Waals surface area contributed by atoms with Gasteiger partial charge in [-0.3, -0.25) is 9.59 Å². The fourth-order valence-electron chi connectivity index (χ4n) is 1.13. The quantitative estimate of drug-likeness (QED) is 0.761. The minimum atomic E-state index is -0.983. The molecule has 1 aromatic rings. The van der Waals surface area contributed by atoms with Crippen LogP contribution in [0.25, 0.3) is 6.08 Å². The van der Waals surface area contributed by atoms with Gasteiger partial charge in [0, 0.05) is 18.2 Å². The monoisotopic (exact) mass is 237 g/mol. The van der Waals surface area contributed by atoms with Crippen LogP contribution in [0.15, 0.2) is 30.3 Å². The second-order valence-corrected chi connectivity index (χ2v) is 3.29. The van der Waals surface area contributed by atoms with Gasteiger partial charge in [-0.25, -0.2) is 4.39 Å². The summed E-state index contributed by atoms with van der Waals surface area (Å²) in [5.41, 5.74) is 0.306. The van der Waals surface area contributed by atoms with E-state index in [9.17, 15) is 14.0 Å². The lowest BCUT2D eigenvalue weighted by atomic mass is 10.2. The molecule has 0 atom stereocenters. The molecule has 0 bridgehead atoms. The van der Waals surface area contributed by atoms with Crippen LogP contribution in [-0.4, -0.2) is 23.5 Å². The van der Waals surface area contributed by atoms with E-state index in [0.717, 1.165) is 0 Å². The fourth-order valence-corrected chi connectivity index (χ4v) is 1.13. The largest absolute Gasteiger partial charge is 0.481 e. The summed E-state index contributed by atoms with van der Waals surface area (Å²) < 4.78 is 13.1. The molecule has 0 radical (unpaired) electrons. The number of hydrogen-bond donors (Lipinski definition) is 2. The summed E-state index contributed by atoms with van der Waals surface area (Å²) >= 11 is 0. The number of nitrogens with one attached hydrogen (secondary N) is 1. The third kappa shape index (κ3) is 4.92. The molecule has 0 saturated heterocycles. The highest BCUT2D eigenvalue weighted by atomic mass is 19.1. The number of amides is 1. The van der Waals surface area contributed by atoms with Gasteiger partial charge in [0.1, 0.15) is 5.82 Å². The number of carboxylic acid groups (broad SMARTS) is 1. The van der Waals surface area contributed by atoms with Crippen LogP contribution < -0.4 is 5.32 Å². The third-order valence-electron chi connectivity index (χ3n) is 1.96. The van der Waals surface area contributed by atoms with Crippen molar-refractivity contribution >= 4 is 18.0 Å². The Balaban J connectivity index is 2.46. The molecule has 0 saturated carbocycles. The molecule has 5 heteroatoms. The maximum absolute atomic E-state index is 13.1.